The van der Waals surface area contributed by atoms with Crippen LogP contribution in [0.25, 0.3) is 0 Å². The van der Waals surface area contributed by atoms with Crippen LogP contribution in [0.3, 0.4) is 0 Å². The molecule has 0 aromatic carbocycles. The standard InChI is InChI=1S/C16H27N3O/c1-13(2)17-9-15-5-6-16(18-10-15)12-19-7-4-8-20-14(3)11-19/h5-6,10,13-14,17H,4,7-9,11-12H2,1-3H3. The predicted molar refractivity (Wildman–Crippen MR) is 81.5 cm³/mol. The number of rotatable bonds is 5. The number of nitrogens with zero attached hydrogens (tertiary/aromatic N) is 2. The van der Waals surface area contributed by atoms with Gasteiger partial charge in [-0.1, -0.05) is 19.9 Å². The third-order valence-corrected chi connectivity index (χ3v) is 3.52. The molecule has 0 radical (unpaired) electrons. The van der Waals surface area contributed by atoms with Gasteiger partial charge in [0.2, 0.25) is 0 Å². The van der Waals surface area contributed by atoms with Gasteiger partial charge in [-0.25, -0.2) is 0 Å². The lowest BCUT2D eigenvalue weighted by atomic mass is 10.2. The van der Waals surface area contributed by atoms with Crippen LogP contribution in [0, 0.1) is 0 Å². The summed E-state index contributed by atoms with van der Waals surface area (Å²) in [5.74, 6) is 0. The second-order valence-electron chi connectivity index (χ2n) is 5.96. The van der Waals surface area contributed by atoms with E-state index in [9.17, 15) is 0 Å². The van der Waals surface area contributed by atoms with Crippen LogP contribution in [0.4, 0.5) is 0 Å². The number of aromatic nitrogens is 1. The lowest BCUT2D eigenvalue weighted by molar-refractivity contribution is 0.0666. The molecule has 1 saturated heterocycles. The summed E-state index contributed by atoms with van der Waals surface area (Å²) in [6, 6.07) is 4.83. The molecule has 4 heteroatoms. The van der Waals surface area contributed by atoms with Gasteiger partial charge in [0.15, 0.2) is 0 Å². The summed E-state index contributed by atoms with van der Waals surface area (Å²) >= 11 is 0. The van der Waals surface area contributed by atoms with Crippen LogP contribution < -0.4 is 5.32 Å². The normalized spacial score (nSPS) is 21.1. The lowest BCUT2D eigenvalue weighted by Crippen LogP contribution is -2.30. The molecule has 1 unspecified atom stereocenters. The molecular weight excluding hydrogens is 250 g/mol. The molecule has 1 aliphatic heterocycles. The molecule has 1 aromatic rings. The number of hydrogen-bond donors (Lipinski definition) is 1. The van der Waals surface area contributed by atoms with Gasteiger partial charge in [-0.2, -0.15) is 0 Å². The van der Waals surface area contributed by atoms with Crippen LogP contribution in [-0.2, 0) is 17.8 Å². The summed E-state index contributed by atoms with van der Waals surface area (Å²) in [5, 5.41) is 3.41. The molecule has 1 fully saturated rings. The van der Waals surface area contributed by atoms with Crippen LogP contribution >= 0.6 is 0 Å². The second-order valence-corrected chi connectivity index (χ2v) is 5.96. The van der Waals surface area contributed by atoms with Gasteiger partial charge in [0, 0.05) is 45.0 Å². The van der Waals surface area contributed by atoms with E-state index in [4.69, 9.17) is 4.74 Å². The first-order chi connectivity index (χ1) is 9.63. The Morgan fingerprint density at radius 1 is 1.45 bits per heavy atom. The zero-order valence-corrected chi connectivity index (χ0v) is 12.9. The fraction of sp³-hybridized carbons (Fsp3) is 0.688. The van der Waals surface area contributed by atoms with Crippen LogP contribution in [-0.4, -0.2) is 41.7 Å². The highest BCUT2D eigenvalue weighted by molar-refractivity contribution is 5.14. The van der Waals surface area contributed by atoms with Crippen LogP contribution in [0.2, 0.25) is 0 Å². The second kappa shape index (κ2) is 7.72. The van der Waals surface area contributed by atoms with Crippen molar-refractivity contribution >= 4 is 0 Å². The Bertz CT molecular complexity index is 391. The van der Waals surface area contributed by atoms with Crippen molar-refractivity contribution in [3.63, 3.8) is 0 Å². The van der Waals surface area contributed by atoms with Gasteiger partial charge < -0.3 is 10.1 Å². The van der Waals surface area contributed by atoms with Crippen molar-refractivity contribution in [2.45, 2.75) is 52.4 Å². The molecule has 0 spiro atoms. The number of hydrogen-bond acceptors (Lipinski definition) is 4. The minimum Gasteiger partial charge on any atom is -0.377 e. The number of ether oxygens (including phenoxy) is 1. The average molecular weight is 277 g/mol. The van der Waals surface area contributed by atoms with Gasteiger partial charge in [-0.05, 0) is 25.0 Å². The molecule has 0 amide bonds. The molecule has 1 N–H and O–H groups in total. The van der Waals surface area contributed by atoms with E-state index in [1.54, 1.807) is 0 Å². The fourth-order valence-electron chi connectivity index (χ4n) is 2.43. The van der Waals surface area contributed by atoms with Crippen molar-refractivity contribution in [2.75, 3.05) is 19.7 Å². The van der Waals surface area contributed by atoms with Crippen molar-refractivity contribution in [1.82, 2.24) is 15.2 Å². The number of nitrogens with one attached hydrogen (secondary N) is 1. The van der Waals surface area contributed by atoms with Gasteiger partial charge in [0.25, 0.3) is 0 Å². The average Bonchev–Trinajstić information content (AvgIpc) is 2.62. The maximum atomic E-state index is 5.67. The summed E-state index contributed by atoms with van der Waals surface area (Å²) < 4.78 is 5.67. The molecule has 112 valence electrons. The largest absolute Gasteiger partial charge is 0.377 e. The first-order valence-electron chi connectivity index (χ1n) is 7.64. The Hall–Kier alpha value is -0.970. The van der Waals surface area contributed by atoms with Crippen molar-refractivity contribution in [1.29, 1.82) is 0 Å². The monoisotopic (exact) mass is 277 g/mol. The highest BCUT2D eigenvalue weighted by atomic mass is 16.5. The maximum absolute atomic E-state index is 5.67. The number of pyridine rings is 1. The molecule has 0 aliphatic carbocycles. The summed E-state index contributed by atoms with van der Waals surface area (Å²) in [7, 11) is 0. The van der Waals surface area contributed by atoms with Crippen LogP contribution in [0.1, 0.15) is 38.4 Å². The molecule has 1 aromatic heterocycles. The zero-order valence-electron chi connectivity index (χ0n) is 12.9. The topological polar surface area (TPSA) is 37.4 Å². The zero-order chi connectivity index (χ0) is 14.4. The molecule has 4 nitrogen and oxygen atoms in total. The summed E-state index contributed by atoms with van der Waals surface area (Å²) in [6.07, 6.45) is 3.43. The predicted octanol–water partition coefficient (Wildman–Crippen LogP) is 2.19. The molecule has 2 rings (SSSR count). The van der Waals surface area contributed by atoms with Gasteiger partial charge in [0.05, 0.1) is 11.8 Å². The SMILES string of the molecule is CC(C)NCc1ccc(CN2CCCOC(C)C2)nc1. The molecule has 1 atom stereocenters. The molecule has 20 heavy (non-hydrogen) atoms. The molecule has 2 heterocycles. The van der Waals surface area contributed by atoms with E-state index in [2.05, 4.69) is 48.1 Å². The Morgan fingerprint density at radius 2 is 2.30 bits per heavy atom. The van der Waals surface area contributed by atoms with Crippen LogP contribution in [0.5, 0.6) is 0 Å². The van der Waals surface area contributed by atoms with Gasteiger partial charge >= 0.3 is 0 Å². The summed E-state index contributed by atoms with van der Waals surface area (Å²) in [4.78, 5) is 7.02. The Kier molecular flexibility index (Phi) is 5.95. The van der Waals surface area contributed by atoms with E-state index in [0.29, 0.717) is 12.1 Å². The van der Waals surface area contributed by atoms with E-state index in [0.717, 1.165) is 44.9 Å². The smallest absolute Gasteiger partial charge is 0.0674 e. The van der Waals surface area contributed by atoms with E-state index < -0.39 is 0 Å². The van der Waals surface area contributed by atoms with Gasteiger partial charge in [-0.3, -0.25) is 9.88 Å². The van der Waals surface area contributed by atoms with Crippen molar-refractivity contribution in [3.05, 3.63) is 29.6 Å². The molecular formula is C16H27N3O. The highest BCUT2D eigenvalue weighted by Gasteiger charge is 2.15. The minimum atomic E-state index is 0.326. The first kappa shape index (κ1) is 15.4. The third-order valence-electron chi connectivity index (χ3n) is 3.52. The summed E-state index contributed by atoms with van der Waals surface area (Å²) in [5.41, 5.74) is 2.39. The maximum Gasteiger partial charge on any atom is 0.0674 e. The first-order valence-corrected chi connectivity index (χ1v) is 7.64. The quantitative estimate of drug-likeness (QED) is 0.895. The Balaban J connectivity index is 1.86. The highest BCUT2D eigenvalue weighted by Crippen LogP contribution is 2.10. The van der Waals surface area contributed by atoms with Crippen molar-refractivity contribution in [3.8, 4) is 0 Å². The van der Waals surface area contributed by atoms with E-state index >= 15 is 0 Å². The Morgan fingerprint density at radius 3 is 3.00 bits per heavy atom. The molecule has 0 saturated carbocycles. The minimum absolute atomic E-state index is 0.326. The van der Waals surface area contributed by atoms with Crippen LogP contribution in [0.15, 0.2) is 18.3 Å². The molecule has 0 bridgehead atoms. The summed E-state index contributed by atoms with van der Waals surface area (Å²) in [6.45, 7) is 11.2. The van der Waals surface area contributed by atoms with E-state index in [1.807, 2.05) is 6.20 Å². The van der Waals surface area contributed by atoms with Crippen molar-refractivity contribution in [2.24, 2.45) is 0 Å². The third kappa shape index (κ3) is 5.19. The molecule has 1 aliphatic rings. The van der Waals surface area contributed by atoms with Gasteiger partial charge in [-0.15, -0.1) is 0 Å². The van der Waals surface area contributed by atoms with Gasteiger partial charge in [0.1, 0.15) is 0 Å². The van der Waals surface area contributed by atoms with E-state index in [-0.39, 0.29) is 0 Å². The lowest BCUT2D eigenvalue weighted by Gasteiger charge is -2.21. The van der Waals surface area contributed by atoms with Crippen molar-refractivity contribution < 1.29 is 4.74 Å². The van der Waals surface area contributed by atoms with E-state index in [1.165, 1.54) is 5.56 Å². The fourth-order valence-corrected chi connectivity index (χ4v) is 2.43. The Labute approximate surface area is 122 Å².